The van der Waals surface area contributed by atoms with E-state index in [0.29, 0.717) is 25.3 Å². The first-order valence-corrected chi connectivity index (χ1v) is 10.4. The van der Waals surface area contributed by atoms with Crippen LogP contribution >= 0.6 is 0 Å². The number of morpholine rings is 1. The maximum Gasteiger partial charge on any atom is 0.220 e. The van der Waals surface area contributed by atoms with E-state index >= 15 is 0 Å². The second-order valence-corrected chi connectivity index (χ2v) is 7.53. The average Bonchev–Trinajstić information content (AvgIpc) is 2.79. The Balaban J connectivity index is 1.56. The van der Waals surface area contributed by atoms with Crippen LogP contribution in [0.25, 0.3) is 0 Å². The van der Waals surface area contributed by atoms with Gasteiger partial charge in [-0.15, -0.1) is 0 Å². The summed E-state index contributed by atoms with van der Waals surface area (Å²) in [6, 6.07) is 15.4. The number of carbonyl (C=O) groups is 2. The quantitative estimate of drug-likeness (QED) is 0.643. The zero-order valence-electron chi connectivity index (χ0n) is 17.7. The molecule has 160 valence electrons. The van der Waals surface area contributed by atoms with Crippen LogP contribution in [0.5, 0.6) is 5.75 Å². The van der Waals surface area contributed by atoms with Crippen LogP contribution in [-0.4, -0.2) is 56.5 Å². The van der Waals surface area contributed by atoms with E-state index in [1.54, 1.807) is 7.11 Å². The molecule has 2 aromatic carbocycles. The minimum Gasteiger partial charge on any atom is -0.497 e. The molecule has 6 nitrogen and oxygen atoms in total. The molecule has 0 aromatic heterocycles. The zero-order valence-corrected chi connectivity index (χ0v) is 17.7. The van der Waals surface area contributed by atoms with Gasteiger partial charge in [0.25, 0.3) is 0 Å². The number of amides is 1. The van der Waals surface area contributed by atoms with Crippen molar-refractivity contribution in [2.75, 3.05) is 40.0 Å². The third kappa shape index (κ3) is 6.15. The molecule has 2 aromatic rings. The van der Waals surface area contributed by atoms with E-state index < -0.39 is 0 Å². The van der Waals surface area contributed by atoms with Gasteiger partial charge in [0, 0.05) is 38.0 Å². The lowest BCUT2D eigenvalue weighted by Crippen LogP contribution is -2.43. The van der Waals surface area contributed by atoms with E-state index in [1.807, 2.05) is 55.5 Å². The molecule has 1 atom stereocenters. The molecule has 0 bridgehead atoms. The minimum atomic E-state index is -0.109. The van der Waals surface area contributed by atoms with Crippen LogP contribution in [-0.2, 0) is 9.53 Å². The summed E-state index contributed by atoms with van der Waals surface area (Å²) in [6.45, 7) is 5.48. The number of hydrogen-bond acceptors (Lipinski definition) is 5. The summed E-state index contributed by atoms with van der Waals surface area (Å²) >= 11 is 0. The third-order valence-corrected chi connectivity index (χ3v) is 5.43. The topological polar surface area (TPSA) is 67.9 Å². The Morgan fingerprint density at radius 3 is 2.33 bits per heavy atom. The first-order chi connectivity index (χ1) is 14.6. The van der Waals surface area contributed by atoms with E-state index in [4.69, 9.17) is 9.47 Å². The Morgan fingerprint density at radius 1 is 1.03 bits per heavy atom. The van der Waals surface area contributed by atoms with Crippen LogP contribution in [0, 0.1) is 6.92 Å². The Bertz CT molecular complexity index is 827. The molecule has 1 aliphatic rings. The SMILES string of the molecule is COc1ccc(C(CNC(=O)CCC(=O)c2ccc(C)cc2)N2CCOCC2)cc1. The summed E-state index contributed by atoms with van der Waals surface area (Å²) in [7, 11) is 1.65. The molecule has 1 aliphatic heterocycles. The number of hydrogen-bond donors (Lipinski definition) is 1. The number of ether oxygens (including phenoxy) is 2. The summed E-state index contributed by atoms with van der Waals surface area (Å²) in [5.74, 6) is 0.686. The molecule has 0 saturated carbocycles. The van der Waals surface area contributed by atoms with E-state index in [1.165, 1.54) is 0 Å². The first kappa shape index (κ1) is 22.0. The lowest BCUT2D eigenvalue weighted by molar-refractivity contribution is -0.121. The minimum absolute atomic E-state index is 0.00923. The van der Waals surface area contributed by atoms with E-state index in [-0.39, 0.29) is 30.6 Å². The summed E-state index contributed by atoms with van der Waals surface area (Å²) < 4.78 is 10.7. The van der Waals surface area contributed by atoms with Gasteiger partial charge in [-0.2, -0.15) is 0 Å². The number of Topliss-reactive ketones (excluding diaryl/α,β-unsaturated/α-hetero) is 1. The molecular weight excluding hydrogens is 380 g/mol. The molecule has 30 heavy (non-hydrogen) atoms. The van der Waals surface area contributed by atoms with Crippen molar-refractivity contribution in [2.45, 2.75) is 25.8 Å². The smallest absolute Gasteiger partial charge is 0.220 e. The fraction of sp³-hybridized carbons (Fsp3) is 0.417. The zero-order chi connectivity index (χ0) is 21.3. The highest BCUT2D eigenvalue weighted by Crippen LogP contribution is 2.23. The molecule has 0 aliphatic carbocycles. The number of ketones is 1. The van der Waals surface area contributed by atoms with Crippen LogP contribution in [0.2, 0.25) is 0 Å². The van der Waals surface area contributed by atoms with Crippen molar-refractivity contribution in [2.24, 2.45) is 0 Å². The highest BCUT2D eigenvalue weighted by atomic mass is 16.5. The lowest BCUT2D eigenvalue weighted by atomic mass is 10.0. The number of benzene rings is 2. The fourth-order valence-corrected chi connectivity index (χ4v) is 3.58. The molecule has 3 rings (SSSR count). The van der Waals surface area contributed by atoms with Crippen LogP contribution in [0.4, 0.5) is 0 Å². The standard InChI is InChI=1S/C24H30N2O4/c1-18-3-5-20(6-4-18)23(27)11-12-24(28)25-17-22(26-13-15-30-16-14-26)19-7-9-21(29-2)10-8-19/h3-10,22H,11-17H2,1-2H3,(H,25,28). The molecule has 1 heterocycles. The fourth-order valence-electron chi connectivity index (χ4n) is 3.58. The third-order valence-electron chi connectivity index (χ3n) is 5.43. The van der Waals surface area contributed by atoms with Crippen LogP contribution < -0.4 is 10.1 Å². The Morgan fingerprint density at radius 2 is 1.70 bits per heavy atom. The highest BCUT2D eigenvalue weighted by Gasteiger charge is 2.23. The van der Waals surface area contributed by atoms with Gasteiger partial charge in [-0.05, 0) is 24.6 Å². The van der Waals surface area contributed by atoms with E-state index in [0.717, 1.165) is 30.0 Å². The monoisotopic (exact) mass is 410 g/mol. The number of carbonyl (C=O) groups excluding carboxylic acids is 2. The molecular formula is C24H30N2O4. The number of nitrogens with zero attached hydrogens (tertiary/aromatic N) is 1. The molecule has 6 heteroatoms. The average molecular weight is 411 g/mol. The Labute approximate surface area is 178 Å². The molecule has 0 radical (unpaired) electrons. The molecule has 1 saturated heterocycles. The second-order valence-electron chi connectivity index (χ2n) is 7.53. The molecule has 1 unspecified atom stereocenters. The number of rotatable bonds is 9. The van der Waals surface area contributed by atoms with Crippen molar-refractivity contribution in [3.8, 4) is 5.75 Å². The van der Waals surface area contributed by atoms with Crippen LogP contribution in [0.15, 0.2) is 48.5 Å². The van der Waals surface area contributed by atoms with Gasteiger partial charge in [-0.3, -0.25) is 14.5 Å². The number of nitrogens with one attached hydrogen (secondary N) is 1. The van der Waals surface area contributed by atoms with Crippen molar-refractivity contribution in [1.82, 2.24) is 10.2 Å². The van der Waals surface area contributed by atoms with Gasteiger partial charge in [-0.1, -0.05) is 42.0 Å². The maximum absolute atomic E-state index is 12.4. The normalized spacial score (nSPS) is 15.4. The summed E-state index contributed by atoms with van der Waals surface area (Å²) in [5.41, 5.74) is 2.88. The van der Waals surface area contributed by atoms with Crippen molar-refractivity contribution in [1.29, 1.82) is 0 Å². The van der Waals surface area contributed by atoms with Crippen molar-refractivity contribution in [3.05, 3.63) is 65.2 Å². The van der Waals surface area contributed by atoms with Gasteiger partial charge in [-0.25, -0.2) is 0 Å². The summed E-state index contributed by atoms with van der Waals surface area (Å²) in [5, 5.41) is 3.02. The van der Waals surface area contributed by atoms with Gasteiger partial charge >= 0.3 is 0 Å². The maximum atomic E-state index is 12.4. The second kappa shape index (κ2) is 10.9. The van der Waals surface area contributed by atoms with E-state index in [9.17, 15) is 9.59 Å². The lowest BCUT2D eigenvalue weighted by Gasteiger charge is -2.35. The van der Waals surface area contributed by atoms with Crippen LogP contribution in [0.3, 0.4) is 0 Å². The van der Waals surface area contributed by atoms with Crippen molar-refractivity contribution < 1.29 is 19.1 Å². The van der Waals surface area contributed by atoms with E-state index in [2.05, 4.69) is 10.2 Å². The van der Waals surface area contributed by atoms with Gasteiger partial charge in [0.1, 0.15) is 5.75 Å². The van der Waals surface area contributed by atoms with Gasteiger partial charge < -0.3 is 14.8 Å². The predicted octanol–water partition coefficient (Wildman–Crippen LogP) is 3.16. The first-order valence-electron chi connectivity index (χ1n) is 10.4. The molecule has 0 spiro atoms. The van der Waals surface area contributed by atoms with Gasteiger partial charge in [0.05, 0.1) is 26.4 Å². The summed E-state index contributed by atoms with van der Waals surface area (Å²) in [6.07, 6.45) is 0.394. The van der Waals surface area contributed by atoms with Crippen molar-refractivity contribution in [3.63, 3.8) is 0 Å². The Hall–Kier alpha value is -2.70. The van der Waals surface area contributed by atoms with Gasteiger partial charge in [0.2, 0.25) is 5.91 Å². The summed E-state index contributed by atoms with van der Waals surface area (Å²) in [4.78, 5) is 27.1. The number of aryl methyl sites for hydroxylation is 1. The largest absolute Gasteiger partial charge is 0.497 e. The Kier molecular flexibility index (Phi) is 7.99. The molecule has 1 amide bonds. The predicted molar refractivity (Wildman–Crippen MR) is 116 cm³/mol. The van der Waals surface area contributed by atoms with Crippen molar-refractivity contribution >= 4 is 11.7 Å². The van der Waals surface area contributed by atoms with Crippen LogP contribution in [0.1, 0.15) is 40.4 Å². The number of methoxy groups -OCH3 is 1. The van der Waals surface area contributed by atoms with Gasteiger partial charge in [0.15, 0.2) is 5.78 Å². The molecule has 1 N–H and O–H groups in total. The molecule has 1 fully saturated rings. The highest BCUT2D eigenvalue weighted by molar-refractivity contribution is 5.97.